The van der Waals surface area contributed by atoms with Crippen LogP contribution in [0.1, 0.15) is 15.9 Å². The van der Waals surface area contributed by atoms with Crippen molar-refractivity contribution in [3.63, 3.8) is 0 Å². The first-order valence-electron chi connectivity index (χ1n) is 6.29. The molecule has 0 bridgehead atoms. The minimum Gasteiger partial charge on any atom is -0.358 e. The Morgan fingerprint density at radius 3 is 2.76 bits per heavy atom. The molecule has 0 radical (unpaired) electrons. The molecule has 1 aromatic heterocycles. The van der Waals surface area contributed by atoms with Crippen molar-refractivity contribution in [3.8, 4) is 0 Å². The average molecular weight is 351 g/mol. The van der Waals surface area contributed by atoms with E-state index in [9.17, 15) is 9.59 Å². The van der Waals surface area contributed by atoms with Crippen LogP contribution in [0.4, 0.5) is 5.69 Å². The molecule has 2 amide bonds. The molecule has 1 heterocycles. The van der Waals surface area contributed by atoms with Gasteiger partial charge < -0.3 is 10.6 Å². The first-order valence-corrected chi connectivity index (χ1v) is 7.09. The molecule has 0 spiro atoms. The second-order valence-electron chi connectivity index (χ2n) is 4.57. The van der Waals surface area contributed by atoms with Crippen molar-refractivity contribution < 1.29 is 9.59 Å². The van der Waals surface area contributed by atoms with Crippen molar-refractivity contribution in [2.24, 2.45) is 0 Å². The normalized spacial score (nSPS) is 10.2. The van der Waals surface area contributed by atoms with Crippen LogP contribution >= 0.6 is 15.9 Å². The lowest BCUT2D eigenvalue weighted by atomic mass is 10.1. The number of likely N-dealkylation sites (N-methyl/N-ethyl adjacent to an activating group) is 1. The lowest BCUT2D eigenvalue weighted by Crippen LogP contribution is -2.23. The highest BCUT2D eigenvalue weighted by Gasteiger charge is 2.09. The molecule has 2 rings (SSSR count). The van der Waals surface area contributed by atoms with Gasteiger partial charge in [-0.05, 0) is 30.7 Å². The van der Waals surface area contributed by atoms with E-state index in [-0.39, 0.29) is 18.4 Å². The van der Waals surface area contributed by atoms with Gasteiger partial charge in [-0.25, -0.2) is 0 Å². The van der Waals surface area contributed by atoms with Crippen LogP contribution < -0.4 is 10.6 Å². The molecule has 7 heteroatoms. The third kappa shape index (κ3) is 4.16. The number of nitrogens with zero attached hydrogens (tertiary/aromatic N) is 2. The molecule has 2 aromatic rings. The molecule has 6 nitrogen and oxygen atoms in total. The monoisotopic (exact) mass is 350 g/mol. The zero-order valence-electron chi connectivity index (χ0n) is 11.7. The number of rotatable bonds is 4. The topological polar surface area (TPSA) is 76.0 Å². The molecule has 21 heavy (non-hydrogen) atoms. The van der Waals surface area contributed by atoms with Crippen molar-refractivity contribution in [2.45, 2.75) is 13.5 Å². The molecule has 1 aromatic carbocycles. The van der Waals surface area contributed by atoms with E-state index in [2.05, 4.69) is 31.7 Å². The first kappa shape index (κ1) is 15.2. The van der Waals surface area contributed by atoms with Gasteiger partial charge in [0.15, 0.2) is 0 Å². The van der Waals surface area contributed by atoms with Gasteiger partial charge in [-0.2, -0.15) is 5.10 Å². The number of hydrogen-bond donors (Lipinski definition) is 2. The number of carbonyl (C=O) groups is 2. The van der Waals surface area contributed by atoms with Crippen LogP contribution in [0.25, 0.3) is 0 Å². The molecule has 0 aliphatic carbocycles. The molecular formula is C14H15BrN4O2. The van der Waals surface area contributed by atoms with Gasteiger partial charge in [0.2, 0.25) is 5.91 Å². The van der Waals surface area contributed by atoms with Gasteiger partial charge in [0, 0.05) is 23.3 Å². The van der Waals surface area contributed by atoms with E-state index in [1.165, 1.54) is 10.9 Å². The highest BCUT2D eigenvalue weighted by molar-refractivity contribution is 9.10. The second-order valence-corrected chi connectivity index (χ2v) is 5.49. The van der Waals surface area contributed by atoms with Crippen LogP contribution in [0.15, 0.2) is 35.1 Å². The summed E-state index contributed by atoms with van der Waals surface area (Å²) in [5.74, 6) is -0.377. The number of nitrogens with one attached hydrogen (secondary N) is 2. The van der Waals surface area contributed by atoms with E-state index in [1.807, 2.05) is 13.0 Å². The minimum atomic E-state index is -0.223. The summed E-state index contributed by atoms with van der Waals surface area (Å²) in [7, 11) is 1.56. The Labute approximate surface area is 130 Å². The van der Waals surface area contributed by atoms with E-state index in [4.69, 9.17) is 0 Å². The van der Waals surface area contributed by atoms with Gasteiger partial charge >= 0.3 is 0 Å². The van der Waals surface area contributed by atoms with Crippen LogP contribution in [-0.4, -0.2) is 28.6 Å². The molecule has 0 aliphatic heterocycles. The summed E-state index contributed by atoms with van der Waals surface area (Å²) in [4.78, 5) is 23.4. The predicted molar refractivity (Wildman–Crippen MR) is 83.1 cm³/mol. The quantitative estimate of drug-likeness (QED) is 0.884. The van der Waals surface area contributed by atoms with Crippen molar-refractivity contribution >= 4 is 33.4 Å². The number of amides is 2. The SMILES string of the molecule is CNC(=O)Cn1cc(NC(=O)c2cc(C)cc(Br)c2)cn1. The molecule has 0 fully saturated rings. The summed E-state index contributed by atoms with van der Waals surface area (Å²) in [5, 5.41) is 9.28. The summed E-state index contributed by atoms with van der Waals surface area (Å²) in [6.45, 7) is 2.03. The largest absolute Gasteiger partial charge is 0.358 e. The predicted octanol–water partition coefficient (Wildman–Crippen LogP) is 1.95. The Hall–Kier alpha value is -2.15. The van der Waals surface area contributed by atoms with Gasteiger partial charge in [-0.3, -0.25) is 14.3 Å². The molecule has 0 unspecified atom stereocenters. The number of hydrogen-bond acceptors (Lipinski definition) is 3. The zero-order valence-corrected chi connectivity index (χ0v) is 13.3. The average Bonchev–Trinajstić information content (AvgIpc) is 2.84. The summed E-state index contributed by atoms with van der Waals surface area (Å²) < 4.78 is 2.31. The van der Waals surface area contributed by atoms with Crippen LogP contribution in [-0.2, 0) is 11.3 Å². The van der Waals surface area contributed by atoms with Gasteiger partial charge in [-0.1, -0.05) is 15.9 Å². The number of aryl methyl sites for hydroxylation is 1. The van der Waals surface area contributed by atoms with Gasteiger partial charge in [-0.15, -0.1) is 0 Å². The Balaban J connectivity index is 2.07. The van der Waals surface area contributed by atoms with Crippen molar-refractivity contribution in [3.05, 3.63) is 46.2 Å². The highest BCUT2D eigenvalue weighted by Crippen LogP contribution is 2.16. The second kappa shape index (κ2) is 6.53. The number of halogens is 1. The van der Waals surface area contributed by atoms with Crippen LogP contribution in [0.5, 0.6) is 0 Å². The maximum absolute atomic E-state index is 12.2. The molecule has 0 aliphatic rings. The van der Waals surface area contributed by atoms with Gasteiger partial charge in [0.1, 0.15) is 6.54 Å². The molecule has 0 atom stereocenters. The molecule has 2 N–H and O–H groups in total. The Morgan fingerprint density at radius 2 is 2.10 bits per heavy atom. The van der Waals surface area contributed by atoms with Crippen LogP contribution in [0, 0.1) is 6.92 Å². The Bertz CT molecular complexity index is 661. The van der Waals surface area contributed by atoms with Crippen LogP contribution in [0.2, 0.25) is 0 Å². The lowest BCUT2D eigenvalue weighted by Gasteiger charge is -2.04. The van der Waals surface area contributed by atoms with E-state index in [0.717, 1.165) is 10.0 Å². The van der Waals surface area contributed by atoms with E-state index < -0.39 is 0 Å². The molecule has 110 valence electrons. The molecule has 0 saturated heterocycles. The number of carbonyl (C=O) groups excluding carboxylic acids is 2. The maximum Gasteiger partial charge on any atom is 0.255 e. The van der Waals surface area contributed by atoms with E-state index >= 15 is 0 Å². The molecular weight excluding hydrogens is 336 g/mol. The van der Waals surface area contributed by atoms with Crippen molar-refractivity contribution in [2.75, 3.05) is 12.4 Å². The fourth-order valence-electron chi connectivity index (χ4n) is 1.81. The summed E-state index contributed by atoms with van der Waals surface area (Å²) in [6, 6.07) is 5.48. The molecule has 0 saturated carbocycles. The fraction of sp³-hybridized carbons (Fsp3) is 0.214. The van der Waals surface area contributed by atoms with E-state index in [0.29, 0.717) is 11.3 Å². The van der Waals surface area contributed by atoms with Crippen LogP contribution in [0.3, 0.4) is 0 Å². The van der Waals surface area contributed by atoms with E-state index in [1.54, 1.807) is 25.4 Å². The standard InChI is InChI=1S/C14H15BrN4O2/c1-9-3-10(5-11(15)4-9)14(21)18-12-6-17-19(7-12)8-13(20)16-2/h3-7H,8H2,1-2H3,(H,16,20)(H,18,21). The number of benzene rings is 1. The zero-order chi connectivity index (χ0) is 15.4. The van der Waals surface area contributed by atoms with Gasteiger partial charge in [0.05, 0.1) is 11.9 Å². The summed E-state index contributed by atoms with van der Waals surface area (Å²) in [5.41, 5.74) is 2.09. The van der Waals surface area contributed by atoms with Crippen molar-refractivity contribution in [1.82, 2.24) is 15.1 Å². The summed E-state index contributed by atoms with van der Waals surface area (Å²) in [6.07, 6.45) is 3.11. The number of aromatic nitrogens is 2. The van der Waals surface area contributed by atoms with Gasteiger partial charge in [0.25, 0.3) is 5.91 Å². The third-order valence-electron chi connectivity index (χ3n) is 2.78. The smallest absolute Gasteiger partial charge is 0.255 e. The lowest BCUT2D eigenvalue weighted by molar-refractivity contribution is -0.121. The number of anilines is 1. The third-order valence-corrected chi connectivity index (χ3v) is 3.24. The Kier molecular flexibility index (Phi) is 4.74. The van der Waals surface area contributed by atoms with Crippen molar-refractivity contribution in [1.29, 1.82) is 0 Å². The first-order chi connectivity index (χ1) is 9.97. The minimum absolute atomic E-state index is 0.113. The fourth-order valence-corrected chi connectivity index (χ4v) is 2.42. The highest BCUT2D eigenvalue weighted by atomic mass is 79.9. The Morgan fingerprint density at radius 1 is 1.33 bits per heavy atom. The summed E-state index contributed by atoms with van der Waals surface area (Å²) >= 11 is 3.36. The maximum atomic E-state index is 12.2.